The number of H-pyrrole nitrogens is 1. The number of hydrogen-bond donors (Lipinski definition) is 2. The Hall–Kier alpha value is -3.99. The number of carbonyl (C=O) groups excluding carboxylic acids is 2. The van der Waals surface area contributed by atoms with E-state index in [-0.39, 0.29) is 18.3 Å². The SMILES string of the molecule is NC(=O)CN1CCn2c(c(CCN3CCN(c4n[nH]c5cc(CF)ccc45)CC3)c3cc(F)ccc32)C1=O. The van der Waals surface area contributed by atoms with Gasteiger partial charge in [0.05, 0.1) is 12.1 Å². The Morgan fingerprint density at radius 3 is 2.61 bits per heavy atom. The van der Waals surface area contributed by atoms with E-state index < -0.39 is 12.6 Å². The molecule has 4 aromatic rings. The molecule has 0 aliphatic carbocycles. The van der Waals surface area contributed by atoms with Gasteiger partial charge in [-0.25, -0.2) is 8.78 Å². The lowest BCUT2D eigenvalue weighted by Gasteiger charge is -2.35. The molecule has 3 N–H and O–H groups in total. The molecular weight excluding hydrogens is 492 g/mol. The quantitative estimate of drug-likeness (QED) is 0.389. The van der Waals surface area contributed by atoms with Crippen molar-refractivity contribution in [2.45, 2.75) is 19.6 Å². The molecule has 9 nitrogen and oxygen atoms in total. The smallest absolute Gasteiger partial charge is 0.271 e. The number of halogens is 2. The van der Waals surface area contributed by atoms with Crippen LogP contribution in [0, 0.1) is 5.82 Å². The van der Waals surface area contributed by atoms with Gasteiger partial charge in [0.1, 0.15) is 18.2 Å². The van der Waals surface area contributed by atoms with Gasteiger partial charge < -0.3 is 20.1 Å². The zero-order valence-corrected chi connectivity index (χ0v) is 20.9. The third-order valence-electron chi connectivity index (χ3n) is 7.67. The lowest BCUT2D eigenvalue weighted by molar-refractivity contribution is -0.118. The van der Waals surface area contributed by atoms with Gasteiger partial charge in [0, 0.05) is 62.1 Å². The standard InChI is InChI=1S/C27H29F2N7O2/c28-15-17-1-3-20-22(13-17)31-32-26(20)34-9-7-33(8-10-34)6-5-19-21-14-18(29)2-4-23(21)36-12-11-35(16-24(30)37)27(38)25(19)36/h1-4,13-14H,5-12,15-16H2,(H2,30,37)(H,31,32). The van der Waals surface area contributed by atoms with Gasteiger partial charge >= 0.3 is 0 Å². The molecule has 2 aliphatic heterocycles. The summed E-state index contributed by atoms with van der Waals surface area (Å²) in [6.45, 7) is 4.15. The van der Waals surface area contributed by atoms with Crippen LogP contribution in [-0.2, 0) is 24.4 Å². The molecule has 0 saturated carbocycles. The number of primary amides is 1. The van der Waals surface area contributed by atoms with Crippen LogP contribution in [0.2, 0.25) is 0 Å². The fourth-order valence-electron chi connectivity index (χ4n) is 5.77. The van der Waals surface area contributed by atoms with Crippen molar-refractivity contribution in [2.24, 2.45) is 5.73 Å². The molecule has 0 radical (unpaired) electrons. The van der Waals surface area contributed by atoms with Crippen molar-refractivity contribution in [1.82, 2.24) is 24.6 Å². The van der Waals surface area contributed by atoms with Crippen LogP contribution in [0.4, 0.5) is 14.6 Å². The summed E-state index contributed by atoms with van der Waals surface area (Å²) < 4.78 is 29.2. The molecule has 0 atom stereocenters. The van der Waals surface area contributed by atoms with Crippen LogP contribution in [0.3, 0.4) is 0 Å². The summed E-state index contributed by atoms with van der Waals surface area (Å²) in [7, 11) is 0. The number of alkyl halides is 1. The van der Waals surface area contributed by atoms with Gasteiger partial charge in [-0.3, -0.25) is 19.6 Å². The maximum Gasteiger partial charge on any atom is 0.271 e. The number of rotatable bonds is 7. The molecule has 2 aliphatic rings. The number of carbonyl (C=O) groups is 2. The van der Waals surface area contributed by atoms with Crippen molar-refractivity contribution in [3.05, 3.63) is 59.0 Å². The maximum atomic E-state index is 14.2. The summed E-state index contributed by atoms with van der Waals surface area (Å²) in [6.07, 6.45) is 0.579. The number of nitrogens with one attached hydrogen (secondary N) is 1. The molecule has 1 saturated heterocycles. The molecule has 0 bridgehead atoms. The van der Waals surface area contributed by atoms with Gasteiger partial charge in [-0.15, -0.1) is 0 Å². The summed E-state index contributed by atoms with van der Waals surface area (Å²) in [5.41, 5.74) is 8.96. The van der Waals surface area contributed by atoms with E-state index in [1.807, 2.05) is 10.6 Å². The minimum absolute atomic E-state index is 0.132. The van der Waals surface area contributed by atoms with Crippen molar-refractivity contribution in [3.8, 4) is 0 Å². The molecule has 0 spiro atoms. The summed E-state index contributed by atoms with van der Waals surface area (Å²) in [6, 6.07) is 10.1. The Morgan fingerprint density at radius 2 is 1.84 bits per heavy atom. The molecule has 0 unspecified atom stereocenters. The first-order valence-electron chi connectivity index (χ1n) is 12.8. The van der Waals surface area contributed by atoms with Crippen LogP contribution in [0.1, 0.15) is 21.6 Å². The lowest BCUT2D eigenvalue weighted by Crippen LogP contribution is -2.47. The van der Waals surface area contributed by atoms with E-state index in [1.54, 1.807) is 18.2 Å². The van der Waals surface area contributed by atoms with Crippen molar-refractivity contribution in [2.75, 3.05) is 50.7 Å². The molecule has 2 aromatic carbocycles. The minimum atomic E-state index is -0.555. The van der Waals surface area contributed by atoms with E-state index in [2.05, 4.69) is 20.0 Å². The third kappa shape index (κ3) is 4.26. The molecule has 4 heterocycles. The Morgan fingerprint density at radius 1 is 1.03 bits per heavy atom. The van der Waals surface area contributed by atoms with E-state index in [0.29, 0.717) is 37.3 Å². The summed E-state index contributed by atoms with van der Waals surface area (Å²) in [5, 5.41) is 9.21. The third-order valence-corrected chi connectivity index (χ3v) is 7.67. The second-order valence-electron chi connectivity index (χ2n) is 9.97. The number of fused-ring (bicyclic) bond motifs is 4. The zero-order chi connectivity index (χ0) is 26.4. The highest BCUT2D eigenvalue weighted by atomic mass is 19.1. The fourth-order valence-corrected chi connectivity index (χ4v) is 5.77. The summed E-state index contributed by atoms with van der Waals surface area (Å²) in [5.74, 6) is -0.275. The van der Waals surface area contributed by atoms with Crippen LogP contribution in [0.5, 0.6) is 0 Å². The van der Waals surface area contributed by atoms with Gasteiger partial charge in [-0.1, -0.05) is 6.07 Å². The van der Waals surface area contributed by atoms with E-state index in [9.17, 15) is 18.4 Å². The Kier molecular flexibility index (Phi) is 6.22. The number of anilines is 1. The monoisotopic (exact) mass is 521 g/mol. The molecule has 198 valence electrons. The van der Waals surface area contributed by atoms with Crippen LogP contribution in [0.25, 0.3) is 21.8 Å². The first-order chi connectivity index (χ1) is 18.4. The summed E-state index contributed by atoms with van der Waals surface area (Å²) in [4.78, 5) is 30.9. The second kappa shape index (κ2) is 9.71. The highest BCUT2D eigenvalue weighted by Crippen LogP contribution is 2.31. The van der Waals surface area contributed by atoms with Gasteiger partial charge in [-0.05, 0) is 47.9 Å². The number of nitrogens with zero attached hydrogens (tertiary/aromatic N) is 5. The second-order valence-corrected chi connectivity index (χ2v) is 9.97. The van der Waals surface area contributed by atoms with Crippen LogP contribution in [0.15, 0.2) is 36.4 Å². The fraction of sp³-hybridized carbons (Fsp3) is 0.370. The number of piperazine rings is 1. The molecular formula is C27H29F2N7O2. The lowest BCUT2D eigenvalue weighted by atomic mass is 10.1. The van der Waals surface area contributed by atoms with Gasteiger partial charge in [0.2, 0.25) is 5.91 Å². The first kappa shape index (κ1) is 24.4. The van der Waals surface area contributed by atoms with E-state index in [4.69, 9.17) is 5.73 Å². The molecule has 6 rings (SSSR count). The van der Waals surface area contributed by atoms with E-state index in [1.165, 1.54) is 17.0 Å². The minimum Gasteiger partial charge on any atom is -0.368 e. The largest absolute Gasteiger partial charge is 0.368 e. The Bertz CT molecular complexity index is 1540. The molecule has 11 heteroatoms. The van der Waals surface area contributed by atoms with Gasteiger partial charge in [0.15, 0.2) is 5.82 Å². The van der Waals surface area contributed by atoms with Crippen molar-refractivity contribution < 1.29 is 18.4 Å². The normalized spacial score (nSPS) is 16.5. The molecule has 38 heavy (non-hydrogen) atoms. The average Bonchev–Trinajstić information content (AvgIpc) is 3.47. The molecule has 2 amide bonds. The zero-order valence-electron chi connectivity index (χ0n) is 20.9. The van der Waals surface area contributed by atoms with Gasteiger partial charge in [-0.2, -0.15) is 5.10 Å². The number of hydrogen-bond acceptors (Lipinski definition) is 5. The first-order valence-corrected chi connectivity index (χ1v) is 12.8. The van der Waals surface area contributed by atoms with E-state index in [0.717, 1.165) is 59.4 Å². The Labute approximate surface area is 217 Å². The number of aromatic nitrogens is 3. The number of amides is 2. The summed E-state index contributed by atoms with van der Waals surface area (Å²) >= 11 is 0. The van der Waals surface area contributed by atoms with Crippen molar-refractivity contribution in [1.29, 1.82) is 0 Å². The van der Waals surface area contributed by atoms with Crippen LogP contribution < -0.4 is 10.6 Å². The van der Waals surface area contributed by atoms with Gasteiger partial charge in [0.25, 0.3) is 5.91 Å². The van der Waals surface area contributed by atoms with Crippen molar-refractivity contribution >= 4 is 39.4 Å². The van der Waals surface area contributed by atoms with Crippen LogP contribution >= 0.6 is 0 Å². The van der Waals surface area contributed by atoms with Crippen LogP contribution in [-0.4, -0.2) is 82.2 Å². The predicted octanol–water partition coefficient (Wildman–Crippen LogP) is 2.43. The molecule has 2 aromatic heterocycles. The highest BCUT2D eigenvalue weighted by Gasteiger charge is 2.31. The van der Waals surface area contributed by atoms with E-state index >= 15 is 0 Å². The number of benzene rings is 2. The highest BCUT2D eigenvalue weighted by molar-refractivity contribution is 6.03. The number of nitrogens with two attached hydrogens (primary N) is 1. The predicted molar refractivity (Wildman–Crippen MR) is 140 cm³/mol. The average molecular weight is 522 g/mol. The number of aromatic amines is 1. The topological polar surface area (TPSA) is 103 Å². The van der Waals surface area contributed by atoms with Crippen molar-refractivity contribution in [3.63, 3.8) is 0 Å². The Balaban J connectivity index is 1.19. The molecule has 1 fully saturated rings. The maximum absolute atomic E-state index is 14.2.